The second-order valence-corrected chi connectivity index (χ2v) is 8.11. The highest BCUT2D eigenvalue weighted by atomic mass is 16.5. The highest BCUT2D eigenvalue weighted by Gasteiger charge is 2.46. The zero-order chi connectivity index (χ0) is 22.5. The molecular weight excluding hydrogens is 416 g/mol. The summed E-state index contributed by atoms with van der Waals surface area (Å²) in [4.78, 5) is 51.1. The second kappa shape index (κ2) is 7.61. The maximum atomic E-state index is 13.3. The maximum absolute atomic E-state index is 13.3. The van der Waals surface area contributed by atoms with Crippen LogP contribution in [0.3, 0.4) is 0 Å². The van der Waals surface area contributed by atoms with Gasteiger partial charge in [0.25, 0.3) is 11.8 Å². The normalized spacial score (nSPS) is 25.8. The number of aromatic nitrogens is 3. The Morgan fingerprint density at radius 2 is 2.06 bits per heavy atom. The summed E-state index contributed by atoms with van der Waals surface area (Å²) in [5.41, 5.74) is 0.955. The minimum absolute atomic E-state index is 0.0667. The van der Waals surface area contributed by atoms with E-state index in [1.54, 1.807) is 24.4 Å². The zero-order valence-corrected chi connectivity index (χ0v) is 17.5. The van der Waals surface area contributed by atoms with Crippen molar-refractivity contribution in [1.82, 2.24) is 30.5 Å². The lowest BCUT2D eigenvalue weighted by molar-refractivity contribution is -0.136. The van der Waals surface area contributed by atoms with Crippen LogP contribution in [-0.2, 0) is 19.9 Å². The number of benzene rings is 1. The fraction of sp³-hybridized carbons (Fsp3) is 0.429. The molecule has 32 heavy (non-hydrogen) atoms. The van der Waals surface area contributed by atoms with Gasteiger partial charge in [0, 0.05) is 13.0 Å². The van der Waals surface area contributed by atoms with Crippen molar-refractivity contribution in [3.8, 4) is 5.69 Å². The van der Waals surface area contributed by atoms with Gasteiger partial charge in [-0.25, -0.2) is 4.68 Å². The lowest BCUT2D eigenvalue weighted by Gasteiger charge is -2.35. The van der Waals surface area contributed by atoms with Crippen molar-refractivity contribution in [2.75, 3.05) is 19.8 Å². The number of rotatable bonds is 4. The van der Waals surface area contributed by atoms with E-state index in [0.717, 1.165) is 11.3 Å². The van der Waals surface area contributed by atoms with Gasteiger partial charge in [-0.3, -0.25) is 29.4 Å². The Morgan fingerprint density at radius 1 is 1.22 bits per heavy atom. The number of carbonyl (C=O) groups is 4. The minimum atomic E-state index is -1.02. The predicted molar refractivity (Wildman–Crippen MR) is 109 cm³/mol. The molecule has 2 fully saturated rings. The molecular formula is C21H22N6O5. The Balaban J connectivity index is 1.51. The van der Waals surface area contributed by atoms with Gasteiger partial charge in [0.15, 0.2) is 0 Å². The van der Waals surface area contributed by atoms with Crippen molar-refractivity contribution in [3.63, 3.8) is 0 Å². The summed E-state index contributed by atoms with van der Waals surface area (Å²) in [5, 5.41) is 14.2. The Labute approximate surface area is 183 Å². The minimum Gasteiger partial charge on any atom is -0.378 e. The molecule has 4 amide bonds. The second-order valence-electron chi connectivity index (χ2n) is 8.11. The number of imide groups is 2. The molecule has 0 aliphatic carbocycles. The van der Waals surface area contributed by atoms with Gasteiger partial charge in [-0.2, -0.15) is 0 Å². The van der Waals surface area contributed by atoms with Crippen molar-refractivity contribution in [2.24, 2.45) is 0 Å². The Bertz CT molecular complexity index is 1140. The molecule has 2 unspecified atom stereocenters. The van der Waals surface area contributed by atoms with Crippen LogP contribution >= 0.6 is 0 Å². The van der Waals surface area contributed by atoms with E-state index in [1.165, 1.54) is 4.68 Å². The van der Waals surface area contributed by atoms with Gasteiger partial charge in [0.05, 0.1) is 41.8 Å². The largest absolute Gasteiger partial charge is 0.378 e. The molecule has 2 atom stereocenters. The number of hydrogen-bond acceptors (Lipinski definition) is 8. The fourth-order valence-corrected chi connectivity index (χ4v) is 4.52. The first kappa shape index (κ1) is 20.5. The average Bonchev–Trinajstić information content (AvgIpc) is 3.39. The SMILES string of the molecule is CCC1(c2cn(-c3cccc4c3C(=O)N(C3CCC(=O)NC3=O)C4=O)nn2)COCCN1. The molecule has 11 heteroatoms. The maximum Gasteiger partial charge on any atom is 0.264 e. The van der Waals surface area contributed by atoms with Crippen molar-refractivity contribution >= 4 is 23.6 Å². The Kier molecular flexibility index (Phi) is 4.86. The Morgan fingerprint density at radius 3 is 2.78 bits per heavy atom. The van der Waals surface area contributed by atoms with Gasteiger partial charge in [-0.15, -0.1) is 5.10 Å². The number of morpholine rings is 1. The molecule has 2 saturated heterocycles. The van der Waals surface area contributed by atoms with Gasteiger partial charge in [-0.05, 0) is 25.0 Å². The zero-order valence-electron chi connectivity index (χ0n) is 17.5. The summed E-state index contributed by atoms with van der Waals surface area (Å²) in [6.45, 7) is 3.79. The van der Waals surface area contributed by atoms with E-state index >= 15 is 0 Å². The van der Waals surface area contributed by atoms with E-state index in [9.17, 15) is 19.2 Å². The molecule has 3 aliphatic rings. The first-order chi connectivity index (χ1) is 15.4. The van der Waals surface area contributed by atoms with Gasteiger partial charge in [0.2, 0.25) is 11.8 Å². The molecule has 0 bridgehead atoms. The van der Waals surface area contributed by atoms with E-state index in [1.807, 2.05) is 6.92 Å². The van der Waals surface area contributed by atoms with E-state index in [2.05, 4.69) is 20.9 Å². The van der Waals surface area contributed by atoms with E-state index in [-0.39, 0.29) is 24.0 Å². The third-order valence-corrected chi connectivity index (χ3v) is 6.34. The third-order valence-electron chi connectivity index (χ3n) is 6.34. The molecule has 1 aromatic carbocycles. The number of piperidine rings is 1. The van der Waals surface area contributed by atoms with Gasteiger partial charge in [0.1, 0.15) is 11.7 Å². The number of nitrogens with one attached hydrogen (secondary N) is 2. The van der Waals surface area contributed by atoms with Crippen molar-refractivity contribution < 1.29 is 23.9 Å². The summed E-state index contributed by atoms with van der Waals surface area (Å²) < 4.78 is 7.12. The summed E-state index contributed by atoms with van der Waals surface area (Å²) in [7, 11) is 0. The molecule has 1 aromatic heterocycles. The third kappa shape index (κ3) is 3.04. The van der Waals surface area contributed by atoms with Gasteiger partial charge < -0.3 is 10.1 Å². The van der Waals surface area contributed by atoms with Crippen LogP contribution in [0.1, 0.15) is 52.6 Å². The van der Waals surface area contributed by atoms with Crippen molar-refractivity contribution in [1.29, 1.82) is 0 Å². The predicted octanol–water partition coefficient (Wildman–Crippen LogP) is -0.106. The fourth-order valence-electron chi connectivity index (χ4n) is 4.52. The summed E-state index contributed by atoms with van der Waals surface area (Å²) in [6, 6.07) is 3.87. The van der Waals surface area contributed by atoms with E-state index in [0.29, 0.717) is 31.1 Å². The Hall–Kier alpha value is -3.44. The van der Waals surface area contributed by atoms with Crippen LogP contribution in [0.15, 0.2) is 24.4 Å². The smallest absolute Gasteiger partial charge is 0.264 e. The quantitative estimate of drug-likeness (QED) is 0.632. The molecule has 0 radical (unpaired) electrons. The van der Waals surface area contributed by atoms with Crippen LogP contribution in [0.25, 0.3) is 5.69 Å². The molecule has 3 aliphatic heterocycles. The van der Waals surface area contributed by atoms with Gasteiger partial charge >= 0.3 is 0 Å². The summed E-state index contributed by atoms with van der Waals surface area (Å²) in [5.74, 6) is -2.21. The number of amides is 4. The first-order valence-corrected chi connectivity index (χ1v) is 10.6. The molecule has 0 spiro atoms. The molecule has 2 N–H and O–H groups in total. The van der Waals surface area contributed by atoms with E-state index in [4.69, 9.17) is 4.74 Å². The van der Waals surface area contributed by atoms with Crippen molar-refractivity contribution in [2.45, 2.75) is 37.8 Å². The number of hydrogen-bond donors (Lipinski definition) is 2. The van der Waals surface area contributed by atoms with Crippen LogP contribution in [-0.4, -0.2) is 69.3 Å². The number of fused-ring (bicyclic) bond motifs is 1. The molecule has 0 saturated carbocycles. The van der Waals surface area contributed by atoms with Crippen LogP contribution in [0.4, 0.5) is 0 Å². The number of ether oxygens (including phenoxy) is 1. The number of carbonyl (C=O) groups excluding carboxylic acids is 4. The number of nitrogens with zero attached hydrogens (tertiary/aromatic N) is 4. The van der Waals surface area contributed by atoms with Crippen LogP contribution in [0.5, 0.6) is 0 Å². The molecule has 5 rings (SSSR count). The monoisotopic (exact) mass is 438 g/mol. The average molecular weight is 438 g/mol. The topological polar surface area (TPSA) is 136 Å². The highest BCUT2D eigenvalue weighted by Crippen LogP contribution is 2.32. The molecule has 11 nitrogen and oxygen atoms in total. The van der Waals surface area contributed by atoms with Crippen LogP contribution in [0, 0.1) is 0 Å². The standard InChI is InChI=1S/C21H22N6O5/c1-2-21(11-32-9-8-22-21)15-10-26(25-24-15)13-5-3-4-12-17(13)20(31)27(19(12)30)14-6-7-16(28)23-18(14)29/h3-5,10,14,22H,2,6-9,11H2,1H3,(H,23,28,29). The van der Waals surface area contributed by atoms with Crippen LogP contribution in [0.2, 0.25) is 0 Å². The molecule has 4 heterocycles. The van der Waals surface area contributed by atoms with Crippen LogP contribution < -0.4 is 10.6 Å². The van der Waals surface area contributed by atoms with E-state index < -0.39 is 35.2 Å². The molecule has 166 valence electrons. The lowest BCUT2D eigenvalue weighted by Crippen LogP contribution is -2.54. The van der Waals surface area contributed by atoms with Crippen molar-refractivity contribution in [3.05, 3.63) is 41.2 Å². The molecule has 2 aromatic rings. The summed E-state index contributed by atoms with van der Waals surface area (Å²) in [6.07, 6.45) is 2.63. The summed E-state index contributed by atoms with van der Waals surface area (Å²) >= 11 is 0. The van der Waals surface area contributed by atoms with Gasteiger partial charge in [-0.1, -0.05) is 18.2 Å². The highest BCUT2D eigenvalue weighted by molar-refractivity contribution is 6.24. The first-order valence-electron chi connectivity index (χ1n) is 10.6. The lowest BCUT2D eigenvalue weighted by atomic mass is 9.92.